The third-order valence-electron chi connectivity index (χ3n) is 9.09. The first-order chi connectivity index (χ1) is 22.6. The number of rotatable bonds is 9. The van der Waals surface area contributed by atoms with Gasteiger partial charge in [0.25, 0.3) is 0 Å². The third kappa shape index (κ3) is 6.33. The molecule has 0 radical (unpaired) electrons. The van der Waals surface area contributed by atoms with Gasteiger partial charge in [-0.25, -0.2) is 13.8 Å². The van der Waals surface area contributed by atoms with Gasteiger partial charge in [0, 0.05) is 55.7 Å². The van der Waals surface area contributed by atoms with Crippen molar-refractivity contribution < 1.29 is 23.1 Å². The summed E-state index contributed by atoms with van der Waals surface area (Å²) in [5, 5.41) is 6.12. The second-order valence-electron chi connectivity index (χ2n) is 12.0. The molecule has 0 unspecified atom stereocenters. The molecule has 1 amide bonds. The number of methoxy groups -OCH3 is 1. The summed E-state index contributed by atoms with van der Waals surface area (Å²) in [5.41, 5.74) is 4.22. The molecule has 0 spiro atoms. The Balaban J connectivity index is 1.19. The zero-order chi connectivity index (χ0) is 33.4. The Hall–Kier alpha value is -4.38. The fraction of sp³-hybridized carbons (Fsp3) is 0.306. The second-order valence-corrected chi connectivity index (χ2v) is 12.4. The number of anilines is 1. The molecule has 6 rings (SSSR count). The van der Waals surface area contributed by atoms with E-state index in [0.29, 0.717) is 34.7 Å². The van der Waals surface area contributed by atoms with E-state index in [1.165, 1.54) is 6.08 Å². The number of ether oxygens (including phenoxy) is 1. The molecule has 1 aliphatic rings. The van der Waals surface area contributed by atoms with Crippen molar-refractivity contribution in [3.8, 4) is 11.1 Å². The summed E-state index contributed by atoms with van der Waals surface area (Å²) >= 11 is 6.92. The first-order valence-electron chi connectivity index (χ1n) is 15.6. The van der Waals surface area contributed by atoms with E-state index in [1.54, 1.807) is 42.0 Å². The van der Waals surface area contributed by atoms with Crippen molar-refractivity contribution in [1.82, 2.24) is 19.3 Å². The number of benzene rings is 2. The summed E-state index contributed by atoms with van der Waals surface area (Å²) in [6.07, 6.45) is 8.78. The summed E-state index contributed by atoms with van der Waals surface area (Å²) in [5.74, 6) is -2.53. The number of fused-ring (bicyclic) bond motifs is 2. The average molecular weight is 660 g/mol. The minimum Gasteiger partial charge on any atom is -0.381 e. The Morgan fingerprint density at radius 3 is 2.49 bits per heavy atom. The van der Waals surface area contributed by atoms with Crippen molar-refractivity contribution in [3.63, 3.8) is 0 Å². The summed E-state index contributed by atoms with van der Waals surface area (Å²) in [4.78, 5) is 30.7. The third-order valence-corrected chi connectivity index (χ3v) is 9.45. The molecule has 1 saturated carbocycles. The SMILES string of the molecule is COC1CCC(NC/C=C/C(=O)Nc2c(F)cc(C(=O)c3ccc4c(-c5c(C)cc6c(nc(C)n6C)c5Cl)cccn34)cc2F)CC1. The molecule has 244 valence electrons. The second kappa shape index (κ2) is 13.4. The number of hydrogen-bond acceptors (Lipinski definition) is 5. The highest BCUT2D eigenvalue weighted by Gasteiger charge is 2.23. The zero-order valence-electron chi connectivity index (χ0n) is 26.7. The molecule has 3 heterocycles. The topological polar surface area (TPSA) is 89.7 Å². The van der Waals surface area contributed by atoms with Gasteiger partial charge in [0.1, 0.15) is 28.7 Å². The summed E-state index contributed by atoms with van der Waals surface area (Å²) in [6, 6.07) is 11.3. The quantitative estimate of drug-likeness (QED) is 0.128. The van der Waals surface area contributed by atoms with E-state index < -0.39 is 29.0 Å². The smallest absolute Gasteiger partial charge is 0.248 e. The number of pyridine rings is 1. The van der Waals surface area contributed by atoms with Gasteiger partial charge >= 0.3 is 0 Å². The fourth-order valence-electron chi connectivity index (χ4n) is 6.43. The van der Waals surface area contributed by atoms with Crippen LogP contribution in [0, 0.1) is 25.5 Å². The van der Waals surface area contributed by atoms with Crippen LogP contribution < -0.4 is 10.6 Å². The Labute approximate surface area is 276 Å². The van der Waals surface area contributed by atoms with Gasteiger partial charge in [0.15, 0.2) is 0 Å². The highest BCUT2D eigenvalue weighted by Crippen LogP contribution is 2.39. The van der Waals surface area contributed by atoms with Crippen molar-refractivity contribution >= 4 is 45.5 Å². The first kappa shape index (κ1) is 32.6. The molecule has 8 nitrogen and oxygen atoms in total. The Morgan fingerprint density at radius 1 is 1.06 bits per heavy atom. The van der Waals surface area contributed by atoms with E-state index in [9.17, 15) is 9.59 Å². The van der Waals surface area contributed by atoms with Crippen molar-refractivity contribution in [1.29, 1.82) is 0 Å². The van der Waals surface area contributed by atoms with E-state index in [-0.39, 0.29) is 11.3 Å². The number of hydrogen-bond donors (Lipinski definition) is 2. The lowest BCUT2D eigenvalue weighted by Crippen LogP contribution is -2.35. The van der Waals surface area contributed by atoms with Crippen LogP contribution in [-0.4, -0.2) is 51.4 Å². The van der Waals surface area contributed by atoms with E-state index in [0.717, 1.165) is 65.8 Å². The van der Waals surface area contributed by atoms with Crippen LogP contribution in [0.3, 0.4) is 0 Å². The number of imidazole rings is 1. The standard InChI is InChI=1S/C36H36ClF2N5O3/c1-20-17-30-35(41-21(2)43(30)3)33(37)32(20)25-7-6-16-44-28(25)13-14-29(44)36(46)22-18-26(38)34(27(39)19-22)42-31(45)8-5-15-40-23-9-11-24(47-4)12-10-23/h5-8,13-14,16-19,23-24,40H,9-12,15H2,1-4H3,(H,42,45)/b8-5+. The number of halogens is 3. The average Bonchev–Trinajstić information content (AvgIpc) is 3.62. The van der Waals surface area contributed by atoms with Gasteiger partial charge < -0.3 is 24.3 Å². The fourth-order valence-corrected chi connectivity index (χ4v) is 6.82. The van der Waals surface area contributed by atoms with Crippen LogP contribution in [0.15, 0.2) is 60.8 Å². The van der Waals surface area contributed by atoms with Crippen molar-refractivity contribution in [2.45, 2.75) is 51.7 Å². The molecule has 0 bridgehead atoms. The number of aryl methyl sites for hydroxylation is 3. The van der Waals surface area contributed by atoms with Crippen LogP contribution in [0.4, 0.5) is 14.5 Å². The molecule has 0 saturated heterocycles. The summed E-state index contributed by atoms with van der Waals surface area (Å²) in [7, 11) is 3.66. The van der Waals surface area contributed by atoms with Crippen LogP contribution in [0.1, 0.15) is 53.1 Å². The Morgan fingerprint density at radius 2 is 1.79 bits per heavy atom. The lowest BCUT2D eigenvalue weighted by Gasteiger charge is -2.27. The van der Waals surface area contributed by atoms with E-state index in [2.05, 4.69) is 15.6 Å². The van der Waals surface area contributed by atoms with Crippen LogP contribution in [-0.2, 0) is 16.6 Å². The highest BCUT2D eigenvalue weighted by molar-refractivity contribution is 6.38. The number of carbonyl (C=O) groups is 2. The van der Waals surface area contributed by atoms with Crippen LogP contribution in [0.25, 0.3) is 27.7 Å². The predicted molar refractivity (Wildman–Crippen MR) is 180 cm³/mol. The maximum Gasteiger partial charge on any atom is 0.248 e. The van der Waals surface area contributed by atoms with Crippen LogP contribution in [0.5, 0.6) is 0 Å². The summed E-state index contributed by atoms with van der Waals surface area (Å²) in [6.45, 7) is 4.33. The van der Waals surface area contributed by atoms with Gasteiger partial charge in [-0.3, -0.25) is 9.59 Å². The summed E-state index contributed by atoms with van der Waals surface area (Å²) < 4.78 is 39.3. The molecule has 11 heteroatoms. The van der Waals surface area contributed by atoms with E-state index in [4.69, 9.17) is 16.3 Å². The molecule has 0 atom stereocenters. The monoisotopic (exact) mass is 659 g/mol. The number of ketones is 1. The van der Waals surface area contributed by atoms with Crippen molar-refractivity contribution in [3.05, 3.63) is 100 Å². The minimum absolute atomic E-state index is 0.189. The zero-order valence-corrected chi connectivity index (χ0v) is 27.4. The molecule has 3 aromatic heterocycles. The van der Waals surface area contributed by atoms with Crippen LogP contribution >= 0.6 is 11.6 Å². The van der Waals surface area contributed by atoms with E-state index in [1.807, 2.05) is 37.6 Å². The maximum atomic E-state index is 15.1. The van der Waals surface area contributed by atoms with Gasteiger partial charge in [-0.1, -0.05) is 23.7 Å². The molecule has 2 N–H and O–H groups in total. The predicted octanol–water partition coefficient (Wildman–Crippen LogP) is 7.31. The number of nitrogens with zero attached hydrogens (tertiary/aromatic N) is 3. The minimum atomic E-state index is -1.05. The van der Waals surface area contributed by atoms with Crippen LogP contribution in [0.2, 0.25) is 5.02 Å². The lowest BCUT2D eigenvalue weighted by atomic mass is 9.93. The molecular weight excluding hydrogens is 624 g/mol. The van der Waals surface area contributed by atoms with E-state index >= 15 is 8.78 Å². The van der Waals surface area contributed by atoms with Gasteiger partial charge in [-0.05, 0) is 81.5 Å². The Kier molecular flexibility index (Phi) is 9.27. The number of carbonyl (C=O) groups excluding carboxylic acids is 2. The number of amides is 1. The van der Waals surface area contributed by atoms with Crippen molar-refractivity contribution in [2.75, 3.05) is 19.0 Å². The van der Waals surface area contributed by atoms with Gasteiger partial charge in [0.05, 0.1) is 27.9 Å². The molecule has 1 fully saturated rings. The van der Waals surface area contributed by atoms with Gasteiger partial charge in [-0.15, -0.1) is 0 Å². The van der Waals surface area contributed by atoms with Crippen molar-refractivity contribution in [2.24, 2.45) is 7.05 Å². The number of aromatic nitrogens is 3. The molecule has 47 heavy (non-hydrogen) atoms. The molecule has 5 aromatic rings. The van der Waals surface area contributed by atoms with Gasteiger partial charge in [0.2, 0.25) is 11.7 Å². The largest absolute Gasteiger partial charge is 0.381 e. The highest BCUT2D eigenvalue weighted by atomic mass is 35.5. The normalized spacial score (nSPS) is 16.8. The molecule has 0 aliphatic heterocycles. The molecule has 1 aliphatic carbocycles. The lowest BCUT2D eigenvalue weighted by molar-refractivity contribution is -0.112. The molecule has 2 aromatic carbocycles. The van der Waals surface area contributed by atoms with Gasteiger partial charge in [-0.2, -0.15) is 0 Å². The molecular formula is C36H36ClF2N5O3. The first-order valence-corrected chi connectivity index (χ1v) is 15.9. The number of nitrogens with one attached hydrogen (secondary N) is 2. The maximum absolute atomic E-state index is 15.1. The Bertz CT molecular complexity index is 2020.